The molecular weight excluding hydrogens is 304 g/mol. The highest BCUT2D eigenvalue weighted by atomic mass is 16.5. The SMILES string of the molecule is Cc1cnc(NCC[C@H]2CCOC23CN(Cc2ccco2)C3)nc1. The third kappa shape index (κ3) is 3.16. The molecule has 6 heteroatoms. The number of hydrogen-bond donors (Lipinski definition) is 1. The Morgan fingerprint density at radius 2 is 2.17 bits per heavy atom. The number of likely N-dealkylation sites (tertiary alicyclic amines) is 1. The summed E-state index contributed by atoms with van der Waals surface area (Å²) in [4.78, 5) is 11.0. The van der Waals surface area contributed by atoms with Gasteiger partial charge in [-0.05, 0) is 43.4 Å². The average molecular weight is 328 g/mol. The second-order valence-corrected chi connectivity index (χ2v) is 6.92. The van der Waals surface area contributed by atoms with Crippen molar-refractivity contribution in [3.63, 3.8) is 0 Å². The van der Waals surface area contributed by atoms with Gasteiger partial charge in [0.25, 0.3) is 0 Å². The normalized spacial score (nSPS) is 22.6. The zero-order valence-electron chi connectivity index (χ0n) is 14.1. The summed E-state index contributed by atoms with van der Waals surface area (Å²) in [5.74, 6) is 2.34. The van der Waals surface area contributed by atoms with Crippen molar-refractivity contribution in [2.24, 2.45) is 5.92 Å². The molecule has 0 aliphatic carbocycles. The number of rotatable bonds is 6. The van der Waals surface area contributed by atoms with Crippen LogP contribution in [0.4, 0.5) is 5.95 Å². The summed E-state index contributed by atoms with van der Waals surface area (Å²) in [7, 11) is 0. The molecule has 4 rings (SSSR count). The molecule has 2 aliphatic heterocycles. The largest absolute Gasteiger partial charge is 0.468 e. The predicted octanol–water partition coefficient (Wildman–Crippen LogP) is 2.47. The molecule has 2 saturated heterocycles. The van der Waals surface area contributed by atoms with Gasteiger partial charge in [-0.25, -0.2) is 9.97 Å². The molecule has 0 saturated carbocycles. The molecule has 1 atom stereocenters. The van der Waals surface area contributed by atoms with Gasteiger partial charge in [-0.15, -0.1) is 0 Å². The van der Waals surface area contributed by atoms with Crippen molar-refractivity contribution < 1.29 is 9.15 Å². The lowest BCUT2D eigenvalue weighted by atomic mass is 9.79. The third-order valence-corrected chi connectivity index (χ3v) is 5.10. The molecule has 2 aromatic rings. The zero-order chi connectivity index (χ0) is 16.4. The van der Waals surface area contributed by atoms with E-state index in [0.29, 0.717) is 11.9 Å². The maximum atomic E-state index is 6.13. The quantitative estimate of drug-likeness (QED) is 0.879. The molecule has 1 spiro atoms. The number of nitrogens with zero attached hydrogens (tertiary/aromatic N) is 3. The molecule has 0 amide bonds. The Morgan fingerprint density at radius 3 is 2.92 bits per heavy atom. The van der Waals surface area contributed by atoms with E-state index in [1.165, 1.54) is 0 Å². The first-order valence-corrected chi connectivity index (χ1v) is 8.65. The van der Waals surface area contributed by atoms with Crippen molar-refractivity contribution in [2.45, 2.75) is 31.9 Å². The summed E-state index contributed by atoms with van der Waals surface area (Å²) >= 11 is 0. The Kier molecular flexibility index (Phi) is 4.24. The molecule has 0 unspecified atom stereocenters. The lowest BCUT2D eigenvalue weighted by molar-refractivity contribution is -0.137. The number of aromatic nitrogens is 2. The second kappa shape index (κ2) is 6.53. The highest BCUT2D eigenvalue weighted by Crippen LogP contribution is 2.42. The highest BCUT2D eigenvalue weighted by molar-refractivity contribution is 5.24. The van der Waals surface area contributed by atoms with Crippen LogP contribution in [0.25, 0.3) is 0 Å². The van der Waals surface area contributed by atoms with Gasteiger partial charge in [0.15, 0.2) is 0 Å². The first-order chi connectivity index (χ1) is 11.7. The minimum Gasteiger partial charge on any atom is -0.468 e. The van der Waals surface area contributed by atoms with E-state index in [1.807, 2.05) is 31.5 Å². The minimum absolute atomic E-state index is 0.0441. The summed E-state index contributed by atoms with van der Waals surface area (Å²) in [6.45, 7) is 6.63. The Balaban J connectivity index is 1.26. The van der Waals surface area contributed by atoms with Crippen LogP contribution in [0, 0.1) is 12.8 Å². The summed E-state index contributed by atoms with van der Waals surface area (Å²) in [6.07, 6.45) is 7.65. The fourth-order valence-electron chi connectivity index (χ4n) is 3.83. The van der Waals surface area contributed by atoms with E-state index in [1.54, 1.807) is 6.26 Å². The van der Waals surface area contributed by atoms with Crippen LogP contribution < -0.4 is 5.32 Å². The first-order valence-electron chi connectivity index (χ1n) is 8.65. The van der Waals surface area contributed by atoms with Gasteiger partial charge in [-0.3, -0.25) is 4.90 Å². The van der Waals surface area contributed by atoms with Gasteiger partial charge >= 0.3 is 0 Å². The van der Waals surface area contributed by atoms with Crippen molar-refractivity contribution in [3.05, 3.63) is 42.1 Å². The maximum Gasteiger partial charge on any atom is 0.222 e. The Labute approximate surface area is 142 Å². The molecule has 6 nitrogen and oxygen atoms in total. The van der Waals surface area contributed by atoms with Crippen LogP contribution in [-0.4, -0.2) is 46.7 Å². The van der Waals surface area contributed by atoms with Crippen molar-refractivity contribution >= 4 is 5.95 Å². The van der Waals surface area contributed by atoms with Gasteiger partial charge in [0.05, 0.1) is 18.4 Å². The van der Waals surface area contributed by atoms with Crippen molar-refractivity contribution in [1.29, 1.82) is 0 Å². The van der Waals surface area contributed by atoms with Crippen molar-refractivity contribution in [3.8, 4) is 0 Å². The molecule has 24 heavy (non-hydrogen) atoms. The van der Waals surface area contributed by atoms with Crippen LogP contribution >= 0.6 is 0 Å². The Morgan fingerprint density at radius 1 is 1.33 bits per heavy atom. The minimum atomic E-state index is 0.0441. The van der Waals surface area contributed by atoms with E-state index in [-0.39, 0.29) is 5.60 Å². The monoisotopic (exact) mass is 328 g/mol. The van der Waals surface area contributed by atoms with Crippen LogP contribution in [0.1, 0.15) is 24.2 Å². The molecule has 0 bridgehead atoms. The number of anilines is 1. The van der Waals surface area contributed by atoms with E-state index >= 15 is 0 Å². The average Bonchev–Trinajstić information content (AvgIpc) is 3.19. The second-order valence-electron chi connectivity index (χ2n) is 6.92. The maximum absolute atomic E-state index is 6.13. The van der Waals surface area contributed by atoms with Crippen molar-refractivity contribution in [1.82, 2.24) is 14.9 Å². The highest BCUT2D eigenvalue weighted by Gasteiger charge is 2.52. The molecule has 1 N–H and O–H groups in total. The predicted molar refractivity (Wildman–Crippen MR) is 90.7 cm³/mol. The molecule has 4 heterocycles. The third-order valence-electron chi connectivity index (χ3n) is 5.10. The van der Waals surface area contributed by atoms with E-state index < -0.39 is 0 Å². The van der Waals surface area contributed by atoms with Crippen LogP contribution in [0.15, 0.2) is 35.2 Å². The van der Waals surface area contributed by atoms with E-state index in [4.69, 9.17) is 9.15 Å². The zero-order valence-corrected chi connectivity index (χ0v) is 14.1. The number of ether oxygens (including phenoxy) is 1. The van der Waals surface area contributed by atoms with Crippen molar-refractivity contribution in [2.75, 3.05) is 31.6 Å². The number of nitrogens with one attached hydrogen (secondary N) is 1. The van der Waals surface area contributed by atoms with Crippen LogP contribution in [-0.2, 0) is 11.3 Å². The smallest absolute Gasteiger partial charge is 0.222 e. The number of furan rings is 1. The first kappa shape index (κ1) is 15.6. The van der Waals surface area contributed by atoms with Gasteiger partial charge in [0.2, 0.25) is 5.95 Å². The van der Waals surface area contributed by atoms with Gasteiger partial charge in [-0.1, -0.05) is 0 Å². The summed E-state index contributed by atoms with van der Waals surface area (Å²) in [6, 6.07) is 3.97. The van der Waals surface area contributed by atoms with Crippen LogP contribution in [0.5, 0.6) is 0 Å². The molecule has 0 aromatic carbocycles. The molecule has 2 fully saturated rings. The standard InChI is InChI=1S/C18H24N4O2/c1-14-9-20-17(21-10-14)19-6-4-15-5-8-24-18(15)12-22(13-18)11-16-3-2-7-23-16/h2-3,7,9-10,15H,4-6,8,11-13H2,1H3,(H,19,20,21)/t15-/m0/s1. The molecule has 128 valence electrons. The molecule has 2 aliphatic rings. The summed E-state index contributed by atoms with van der Waals surface area (Å²) < 4.78 is 11.6. The fourth-order valence-corrected chi connectivity index (χ4v) is 3.83. The Hall–Kier alpha value is -1.92. The Bertz CT molecular complexity index is 650. The van der Waals surface area contributed by atoms with Gasteiger partial charge in [0, 0.05) is 38.6 Å². The molecule has 2 aromatic heterocycles. The van der Waals surface area contributed by atoms with Crippen LogP contribution in [0.3, 0.4) is 0 Å². The lowest BCUT2D eigenvalue weighted by Crippen LogP contribution is -2.64. The van der Waals surface area contributed by atoms with E-state index in [0.717, 1.165) is 57.0 Å². The van der Waals surface area contributed by atoms with E-state index in [2.05, 4.69) is 20.2 Å². The van der Waals surface area contributed by atoms with Gasteiger partial charge in [0.1, 0.15) is 5.76 Å². The topological polar surface area (TPSA) is 63.4 Å². The van der Waals surface area contributed by atoms with Gasteiger partial charge in [-0.2, -0.15) is 0 Å². The summed E-state index contributed by atoms with van der Waals surface area (Å²) in [5.41, 5.74) is 1.12. The molecular formula is C18H24N4O2. The number of aryl methyl sites for hydroxylation is 1. The summed E-state index contributed by atoms with van der Waals surface area (Å²) in [5, 5.41) is 3.33. The molecule has 0 radical (unpaired) electrons. The fraction of sp³-hybridized carbons (Fsp3) is 0.556. The van der Waals surface area contributed by atoms with Gasteiger partial charge < -0.3 is 14.5 Å². The lowest BCUT2D eigenvalue weighted by Gasteiger charge is -2.50. The van der Waals surface area contributed by atoms with E-state index in [9.17, 15) is 0 Å². The van der Waals surface area contributed by atoms with Crippen LogP contribution in [0.2, 0.25) is 0 Å². The number of hydrogen-bond acceptors (Lipinski definition) is 6.